The summed E-state index contributed by atoms with van der Waals surface area (Å²) >= 11 is 0. The number of rotatable bonds is 3. The van der Waals surface area contributed by atoms with Gasteiger partial charge in [-0.15, -0.1) is 0 Å². The lowest BCUT2D eigenvalue weighted by Gasteiger charge is -2.08. The molecule has 3 aromatic rings. The third-order valence-electron chi connectivity index (χ3n) is 3.11. The van der Waals surface area contributed by atoms with E-state index in [2.05, 4.69) is 15.0 Å². The Kier molecular flexibility index (Phi) is 2.98. The van der Waals surface area contributed by atoms with E-state index in [0.717, 1.165) is 22.4 Å². The van der Waals surface area contributed by atoms with Crippen molar-refractivity contribution < 1.29 is 9.47 Å². The SMILES string of the molecule is COc1ccc(-c2cc3ncn(C)c3cn2)nc1OC. The summed E-state index contributed by atoms with van der Waals surface area (Å²) in [5.74, 6) is 1.03. The zero-order valence-corrected chi connectivity index (χ0v) is 11.5. The Morgan fingerprint density at radius 2 is 1.90 bits per heavy atom. The van der Waals surface area contributed by atoms with Crippen molar-refractivity contribution in [1.82, 2.24) is 19.5 Å². The lowest BCUT2D eigenvalue weighted by Crippen LogP contribution is -1.96. The van der Waals surface area contributed by atoms with Crippen LogP contribution in [0.5, 0.6) is 11.6 Å². The summed E-state index contributed by atoms with van der Waals surface area (Å²) < 4.78 is 12.3. The van der Waals surface area contributed by atoms with Gasteiger partial charge in [-0.05, 0) is 18.2 Å². The highest BCUT2D eigenvalue weighted by Gasteiger charge is 2.10. The van der Waals surface area contributed by atoms with Gasteiger partial charge in [0.2, 0.25) is 0 Å². The van der Waals surface area contributed by atoms with Crippen molar-refractivity contribution >= 4 is 11.0 Å². The largest absolute Gasteiger partial charge is 0.491 e. The lowest BCUT2D eigenvalue weighted by molar-refractivity contribution is 0.343. The molecule has 20 heavy (non-hydrogen) atoms. The van der Waals surface area contributed by atoms with Crippen LogP contribution in [-0.4, -0.2) is 33.7 Å². The summed E-state index contributed by atoms with van der Waals surface area (Å²) in [6.07, 6.45) is 3.55. The minimum Gasteiger partial charge on any atom is -0.491 e. The highest BCUT2D eigenvalue weighted by molar-refractivity contribution is 5.78. The molecule has 102 valence electrons. The molecule has 0 radical (unpaired) electrons. The molecule has 3 heterocycles. The van der Waals surface area contributed by atoms with Gasteiger partial charge in [0.1, 0.15) is 0 Å². The molecule has 0 aliphatic heterocycles. The fourth-order valence-corrected chi connectivity index (χ4v) is 2.04. The minimum absolute atomic E-state index is 0.438. The summed E-state index contributed by atoms with van der Waals surface area (Å²) in [4.78, 5) is 13.1. The Morgan fingerprint density at radius 1 is 1.05 bits per heavy atom. The number of pyridine rings is 2. The molecule has 0 N–H and O–H groups in total. The van der Waals surface area contributed by atoms with E-state index in [9.17, 15) is 0 Å². The van der Waals surface area contributed by atoms with E-state index >= 15 is 0 Å². The maximum Gasteiger partial charge on any atom is 0.257 e. The van der Waals surface area contributed by atoms with Crippen molar-refractivity contribution in [3.8, 4) is 23.0 Å². The van der Waals surface area contributed by atoms with Crippen LogP contribution < -0.4 is 9.47 Å². The third-order valence-corrected chi connectivity index (χ3v) is 3.11. The standard InChI is InChI=1S/C14H14N4O2/c1-18-8-16-11-6-10(15-7-12(11)18)9-4-5-13(19-2)14(17-9)20-3/h4-8H,1-3H3. The van der Waals surface area contributed by atoms with Gasteiger partial charge in [0.15, 0.2) is 5.75 Å². The molecule has 0 amide bonds. The minimum atomic E-state index is 0.438. The normalized spacial score (nSPS) is 10.8. The molecule has 0 fully saturated rings. The molecule has 6 nitrogen and oxygen atoms in total. The molecular formula is C14H14N4O2. The number of hydrogen-bond donors (Lipinski definition) is 0. The smallest absolute Gasteiger partial charge is 0.257 e. The van der Waals surface area contributed by atoms with E-state index in [1.54, 1.807) is 26.7 Å². The Balaban J connectivity index is 2.10. The zero-order chi connectivity index (χ0) is 14.1. The van der Waals surface area contributed by atoms with E-state index in [4.69, 9.17) is 9.47 Å². The molecule has 0 aliphatic carbocycles. The number of ether oxygens (including phenoxy) is 2. The number of hydrogen-bond acceptors (Lipinski definition) is 5. The lowest BCUT2D eigenvalue weighted by atomic mass is 10.2. The Hall–Kier alpha value is -2.63. The molecule has 0 aliphatic rings. The second-order valence-corrected chi connectivity index (χ2v) is 4.32. The van der Waals surface area contributed by atoms with Crippen LogP contribution in [0.25, 0.3) is 22.4 Å². The summed E-state index contributed by atoms with van der Waals surface area (Å²) in [6, 6.07) is 5.56. The van der Waals surface area contributed by atoms with Crippen LogP contribution in [0.1, 0.15) is 0 Å². The van der Waals surface area contributed by atoms with Crippen LogP contribution in [-0.2, 0) is 7.05 Å². The molecule has 0 aromatic carbocycles. The summed E-state index contributed by atoms with van der Waals surface area (Å²) in [6.45, 7) is 0. The molecule has 0 unspecified atom stereocenters. The maximum atomic E-state index is 5.21. The van der Waals surface area contributed by atoms with Crippen LogP contribution in [0.15, 0.2) is 30.7 Å². The fourth-order valence-electron chi connectivity index (χ4n) is 2.04. The van der Waals surface area contributed by atoms with Gasteiger partial charge in [-0.1, -0.05) is 0 Å². The topological polar surface area (TPSA) is 62.1 Å². The number of imidazole rings is 1. The highest BCUT2D eigenvalue weighted by atomic mass is 16.5. The van der Waals surface area contributed by atoms with Crippen molar-refractivity contribution in [2.75, 3.05) is 14.2 Å². The quantitative estimate of drug-likeness (QED) is 0.729. The maximum absolute atomic E-state index is 5.21. The molecule has 6 heteroatoms. The number of methoxy groups -OCH3 is 2. The number of nitrogens with zero attached hydrogens (tertiary/aromatic N) is 4. The van der Waals surface area contributed by atoms with E-state index in [1.807, 2.05) is 29.8 Å². The zero-order valence-electron chi connectivity index (χ0n) is 11.5. The van der Waals surface area contributed by atoms with Gasteiger partial charge in [0, 0.05) is 7.05 Å². The average Bonchev–Trinajstić information content (AvgIpc) is 2.87. The van der Waals surface area contributed by atoms with Crippen molar-refractivity contribution in [3.05, 3.63) is 30.7 Å². The van der Waals surface area contributed by atoms with Gasteiger partial charge in [0.05, 0.1) is 49.2 Å². The number of fused-ring (bicyclic) bond motifs is 1. The molecule has 0 spiro atoms. The van der Waals surface area contributed by atoms with E-state index < -0.39 is 0 Å². The van der Waals surface area contributed by atoms with E-state index in [-0.39, 0.29) is 0 Å². The predicted octanol–water partition coefficient (Wildman–Crippen LogP) is 2.05. The van der Waals surface area contributed by atoms with Crippen molar-refractivity contribution in [2.45, 2.75) is 0 Å². The van der Waals surface area contributed by atoms with Crippen molar-refractivity contribution in [3.63, 3.8) is 0 Å². The Labute approximate surface area is 116 Å². The second-order valence-electron chi connectivity index (χ2n) is 4.32. The monoisotopic (exact) mass is 270 g/mol. The molecule has 0 saturated carbocycles. The number of aryl methyl sites for hydroxylation is 1. The summed E-state index contributed by atoms with van der Waals surface area (Å²) in [5.41, 5.74) is 3.33. The summed E-state index contributed by atoms with van der Waals surface area (Å²) in [7, 11) is 5.08. The van der Waals surface area contributed by atoms with Gasteiger partial charge in [-0.2, -0.15) is 0 Å². The first-order chi connectivity index (χ1) is 9.72. The van der Waals surface area contributed by atoms with Crippen LogP contribution in [0, 0.1) is 0 Å². The van der Waals surface area contributed by atoms with Crippen molar-refractivity contribution in [1.29, 1.82) is 0 Å². The van der Waals surface area contributed by atoms with Gasteiger partial charge < -0.3 is 14.0 Å². The molecule has 3 rings (SSSR count). The Bertz CT molecular complexity index is 767. The van der Waals surface area contributed by atoms with E-state index in [1.165, 1.54) is 0 Å². The highest BCUT2D eigenvalue weighted by Crippen LogP contribution is 2.28. The van der Waals surface area contributed by atoms with Crippen LogP contribution in [0.3, 0.4) is 0 Å². The summed E-state index contributed by atoms with van der Waals surface area (Å²) in [5, 5.41) is 0. The van der Waals surface area contributed by atoms with Gasteiger partial charge in [-0.25, -0.2) is 9.97 Å². The Morgan fingerprint density at radius 3 is 2.65 bits per heavy atom. The van der Waals surface area contributed by atoms with Gasteiger partial charge in [-0.3, -0.25) is 4.98 Å². The average molecular weight is 270 g/mol. The molecular weight excluding hydrogens is 256 g/mol. The van der Waals surface area contributed by atoms with Gasteiger partial charge in [0.25, 0.3) is 5.88 Å². The fraction of sp³-hybridized carbons (Fsp3) is 0.214. The van der Waals surface area contributed by atoms with E-state index in [0.29, 0.717) is 11.6 Å². The first-order valence-electron chi connectivity index (χ1n) is 6.09. The third kappa shape index (κ3) is 1.95. The van der Waals surface area contributed by atoms with Crippen molar-refractivity contribution in [2.24, 2.45) is 7.05 Å². The van der Waals surface area contributed by atoms with Crippen LogP contribution >= 0.6 is 0 Å². The van der Waals surface area contributed by atoms with Crippen LogP contribution in [0.2, 0.25) is 0 Å². The predicted molar refractivity (Wildman–Crippen MR) is 74.8 cm³/mol. The first-order valence-corrected chi connectivity index (χ1v) is 6.09. The second kappa shape index (κ2) is 4.80. The number of aromatic nitrogens is 4. The molecule has 0 saturated heterocycles. The first kappa shape index (κ1) is 12.4. The molecule has 0 atom stereocenters. The molecule has 0 bridgehead atoms. The van der Waals surface area contributed by atoms with Gasteiger partial charge >= 0.3 is 0 Å². The van der Waals surface area contributed by atoms with Crippen LogP contribution in [0.4, 0.5) is 0 Å². The molecule has 3 aromatic heterocycles.